The van der Waals surface area contributed by atoms with E-state index in [1.807, 2.05) is 17.8 Å². The van der Waals surface area contributed by atoms with Crippen molar-refractivity contribution in [2.75, 3.05) is 31.1 Å². The Morgan fingerprint density at radius 3 is 2.76 bits per heavy atom. The van der Waals surface area contributed by atoms with E-state index in [9.17, 15) is 8.42 Å². The molecule has 4 nitrogen and oxygen atoms in total. The molecule has 0 saturated carbocycles. The molecule has 0 aliphatic carbocycles. The molecule has 1 aliphatic heterocycles. The fraction of sp³-hybridized carbons (Fsp3) is 0.714. The quantitative estimate of drug-likeness (QED) is 0.708. The molecule has 2 heterocycles. The van der Waals surface area contributed by atoms with E-state index >= 15 is 0 Å². The largest absolute Gasteiger partial charge is 0.317 e. The second kappa shape index (κ2) is 8.53. The number of thiophene rings is 1. The first-order valence-corrected chi connectivity index (χ1v) is 10.9. The van der Waals surface area contributed by atoms with Gasteiger partial charge in [-0.15, -0.1) is 11.3 Å². The van der Waals surface area contributed by atoms with Crippen LogP contribution in [0.25, 0.3) is 0 Å². The number of rotatable bonds is 8. The highest BCUT2D eigenvalue weighted by molar-refractivity contribution is 7.99. The Morgan fingerprint density at radius 2 is 2.05 bits per heavy atom. The van der Waals surface area contributed by atoms with Gasteiger partial charge in [0, 0.05) is 11.4 Å². The molecule has 0 unspecified atom stereocenters. The van der Waals surface area contributed by atoms with Gasteiger partial charge in [0.05, 0.1) is 0 Å². The van der Waals surface area contributed by atoms with E-state index in [1.54, 1.807) is 6.07 Å². The van der Waals surface area contributed by atoms with Gasteiger partial charge in [0.1, 0.15) is 4.21 Å². The number of hydrogen-bond donors (Lipinski definition) is 2. The molecule has 1 aromatic rings. The van der Waals surface area contributed by atoms with Gasteiger partial charge in [0.25, 0.3) is 0 Å². The van der Waals surface area contributed by atoms with Gasteiger partial charge in [-0.3, -0.25) is 0 Å². The van der Waals surface area contributed by atoms with Crippen molar-refractivity contribution in [3.63, 3.8) is 0 Å². The maximum atomic E-state index is 12.3. The summed E-state index contributed by atoms with van der Waals surface area (Å²) < 4.78 is 27.8. The average molecular weight is 349 g/mol. The first-order chi connectivity index (χ1) is 10.1. The number of thioether (sulfide) groups is 1. The lowest BCUT2D eigenvalue weighted by Gasteiger charge is -2.21. The van der Waals surface area contributed by atoms with Crippen molar-refractivity contribution < 1.29 is 8.42 Å². The summed E-state index contributed by atoms with van der Waals surface area (Å²) in [6.07, 6.45) is 3.12. The zero-order valence-electron chi connectivity index (χ0n) is 12.4. The minimum atomic E-state index is -3.33. The molecule has 0 spiro atoms. The van der Waals surface area contributed by atoms with E-state index < -0.39 is 10.0 Å². The Labute approximate surface area is 136 Å². The number of nitrogens with one attached hydrogen (secondary N) is 2. The number of likely N-dealkylation sites (N-methyl/N-ethyl adjacent to an activating group) is 1. The highest BCUT2D eigenvalue weighted by Gasteiger charge is 2.20. The topological polar surface area (TPSA) is 58.2 Å². The molecular formula is C14H24N2O2S3. The first-order valence-electron chi connectivity index (χ1n) is 7.48. The molecule has 0 amide bonds. The minimum Gasteiger partial charge on any atom is -0.317 e. The van der Waals surface area contributed by atoms with Gasteiger partial charge < -0.3 is 5.32 Å². The summed E-state index contributed by atoms with van der Waals surface area (Å²) in [6.45, 7) is 4.48. The van der Waals surface area contributed by atoms with Gasteiger partial charge in [0.15, 0.2) is 0 Å². The van der Waals surface area contributed by atoms with Crippen LogP contribution in [0.3, 0.4) is 0 Å². The van der Waals surface area contributed by atoms with E-state index in [2.05, 4.69) is 17.0 Å². The third-order valence-corrected chi connectivity index (χ3v) is 7.71. The molecule has 0 bridgehead atoms. The lowest BCUT2D eigenvalue weighted by Crippen LogP contribution is -2.30. The first kappa shape index (κ1) is 17.3. The van der Waals surface area contributed by atoms with Gasteiger partial charge in [-0.2, -0.15) is 11.8 Å². The van der Waals surface area contributed by atoms with Crippen LogP contribution in [-0.2, 0) is 16.4 Å². The summed E-state index contributed by atoms with van der Waals surface area (Å²) in [4.78, 5) is 1.12. The average Bonchev–Trinajstić information content (AvgIpc) is 2.96. The van der Waals surface area contributed by atoms with Crippen molar-refractivity contribution in [1.29, 1.82) is 0 Å². The van der Waals surface area contributed by atoms with E-state index in [-0.39, 0.29) is 0 Å². The smallest absolute Gasteiger partial charge is 0.250 e. The fourth-order valence-corrected chi connectivity index (χ4v) is 5.99. The Kier molecular flexibility index (Phi) is 7.01. The maximum absolute atomic E-state index is 12.3. The highest BCUT2D eigenvalue weighted by atomic mass is 32.2. The monoisotopic (exact) mass is 348 g/mol. The standard InChI is InChI=1S/C14H24N2O2S3/c1-2-15-8-5-13-3-4-14(20-13)21(17,18)16-11-12-6-9-19-10-7-12/h3-4,12,15-16H,2,5-11H2,1H3. The SMILES string of the molecule is CCNCCc1ccc(S(=O)(=O)NCC2CCSCC2)s1. The van der Waals surface area contributed by atoms with Gasteiger partial charge in [-0.05, 0) is 61.9 Å². The molecule has 0 aromatic carbocycles. The van der Waals surface area contributed by atoms with Gasteiger partial charge in [-0.1, -0.05) is 6.92 Å². The summed E-state index contributed by atoms with van der Waals surface area (Å²) in [5.41, 5.74) is 0. The maximum Gasteiger partial charge on any atom is 0.250 e. The third kappa shape index (κ3) is 5.56. The predicted molar refractivity (Wildman–Crippen MR) is 91.8 cm³/mol. The molecule has 1 aromatic heterocycles. The molecule has 21 heavy (non-hydrogen) atoms. The van der Waals surface area contributed by atoms with Crippen LogP contribution >= 0.6 is 23.1 Å². The van der Waals surface area contributed by atoms with Crippen molar-refractivity contribution in [2.45, 2.75) is 30.4 Å². The van der Waals surface area contributed by atoms with Gasteiger partial charge in [-0.25, -0.2) is 13.1 Å². The van der Waals surface area contributed by atoms with Crippen LogP contribution in [0.4, 0.5) is 0 Å². The zero-order valence-corrected chi connectivity index (χ0v) is 14.9. The summed E-state index contributed by atoms with van der Waals surface area (Å²) in [5, 5.41) is 3.25. The van der Waals surface area contributed by atoms with Crippen LogP contribution in [0.5, 0.6) is 0 Å². The Morgan fingerprint density at radius 1 is 1.29 bits per heavy atom. The summed E-state index contributed by atoms with van der Waals surface area (Å²) in [5.74, 6) is 2.80. The van der Waals surface area contributed by atoms with Crippen LogP contribution in [0.15, 0.2) is 16.3 Å². The lowest BCUT2D eigenvalue weighted by molar-refractivity contribution is 0.477. The van der Waals surface area contributed by atoms with Crippen molar-refractivity contribution in [1.82, 2.24) is 10.0 Å². The van der Waals surface area contributed by atoms with Crippen molar-refractivity contribution in [2.24, 2.45) is 5.92 Å². The van der Waals surface area contributed by atoms with Crippen molar-refractivity contribution in [3.05, 3.63) is 17.0 Å². The second-order valence-corrected chi connectivity index (χ2v) is 9.62. The molecule has 7 heteroatoms. The molecule has 2 rings (SSSR count). The normalized spacial score (nSPS) is 17.2. The fourth-order valence-electron chi connectivity index (χ4n) is 2.27. The molecule has 2 N–H and O–H groups in total. The summed E-state index contributed by atoms with van der Waals surface area (Å²) >= 11 is 3.34. The predicted octanol–water partition coefficient (Wildman–Crippen LogP) is 2.32. The van der Waals surface area contributed by atoms with Gasteiger partial charge >= 0.3 is 0 Å². The molecule has 1 fully saturated rings. The number of sulfonamides is 1. The summed E-state index contributed by atoms with van der Waals surface area (Å²) in [6, 6.07) is 3.65. The molecule has 1 aliphatic rings. The van der Waals surface area contributed by atoms with Gasteiger partial charge in [0.2, 0.25) is 10.0 Å². The van der Waals surface area contributed by atoms with E-state index in [4.69, 9.17) is 0 Å². The molecule has 120 valence electrons. The molecular weight excluding hydrogens is 324 g/mol. The number of hydrogen-bond acceptors (Lipinski definition) is 5. The lowest BCUT2D eigenvalue weighted by atomic mass is 10.0. The van der Waals surface area contributed by atoms with E-state index in [1.165, 1.54) is 11.3 Å². The second-order valence-electron chi connectivity index (χ2n) is 5.23. The molecule has 1 saturated heterocycles. The Hall–Kier alpha value is -0.0800. The summed E-state index contributed by atoms with van der Waals surface area (Å²) in [7, 11) is -3.33. The van der Waals surface area contributed by atoms with Crippen LogP contribution in [-0.4, -0.2) is 39.6 Å². The Balaban J connectivity index is 1.86. The van der Waals surface area contributed by atoms with Crippen LogP contribution in [0, 0.1) is 5.92 Å². The van der Waals surface area contributed by atoms with Crippen LogP contribution < -0.4 is 10.0 Å². The van der Waals surface area contributed by atoms with Crippen molar-refractivity contribution in [3.8, 4) is 0 Å². The highest BCUT2D eigenvalue weighted by Crippen LogP contribution is 2.24. The Bertz CT molecular complexity index is 522. The van der Waals surface area contributed by atoms with E-state index in [0.717, 1.165) is 48.7 Å². The van der Waals surface area contributed by atoms with Crippen LogP contribution in [0.2, 0.25) is 0 Å². The van der Waals surface area contributed by atoms with E-state index in [0.29, 0.717) is 16.7 Å². The molecule has 0 atom stereocenters. The van der Waals surface area contributed by atoms with Crippen LogP contribution in [0.1, 0.15) is 24.6 Å². The molecule has 0 radical (unpaired) electrons. The minimum absolute atomic E-state index is 0.444. The van der Waals surface area contributed by atoms with Crippen molar-refractivity contribution >= 4 is 33.1 Å². The third-order valence-electron chi connectivity index (χ3n) is 3.60. The zero-order chi connectivity index (χ0) is 15.1.